The number of hydrogen-bond acceptors (Lipinski definition) is 4. The van der Waals surface area contributed by atoms with Crippen molar-refractivity contribution in [3.8, 4) is 0 Å². The van der Waals surface area contributed by atoms with Gasteiger partial charge in [-0.2, -0.15) is 0 Å². The lowest BCUT2D eigenvalue weighted by atomic mass is 9.99. The molecule has 0 bridgehead atoms. The second kappa shape index (κ2) is 13.0. The summed E-state index contributed by atoms with van der Waals surface area (Å²) in [7, 11) is 1.73. The Kier molecular flexibility index (Phi) is 12.2. The maximum atomic E-state index is 11.8. The van der Waals surface area contributed by atoms with E-state index in [1.54, 1.807) is 25.8 Å². The zero-order valence-corrected chi connectivity index (χ0v) is 16.1. The molecule has 0 N–H and O–H groups in total. The summed E-state index contributed by atoms with van der Waals surface area (Å²) in [5.41, 5.74) is 0. The van der Waals surface area contributed by atoms with Gasteiger partial charge in [-0.25, -0.2) is 4.79 Å². The van der Waals surface area contributed by atoms with Crippen LogP contribution in [0.1, 0.15) is 72.6 Å². The van der Waals surface area contributed by atoms with E-state index >= 15 is 0 Å². The predicted octanol–water partition coefficient (Wildman–Crippen LogP) is 4.24. The molecule has 2 atom stereocenters. The molecule has 24 heavy (non-hydrogen) atoms. The lowest BCUT2D eigenvalue weighted by molar-refractivity contribution is -0.121. The van der Waals surface area contributed by atoms with Gasteiger partial charge in [-0.05, 0) is 39.5 Å². The predicted molar refractivity (Wildman–Crippen MR) is 96.0 cm³/mol. The Labute approximate surface area is 147 Å². The summed E-state index contributed by atoms with van der Waals surface area (Å²) in [5.74, 6) is 0.657. The molecular formula is C19H35NO4. The number of hydrogen-bond donors (Lipinski definition) is 0. The average Bonchev–Trinajstić information content (AvgIpc) is 2.52. The number of carbonyl (C=O) groups excluding carboxylic acids is 3. The van der Waals surface area contributed by atoms with Gasteiger partial charge in [0.15, 0.2) is 0 Å². The fourth-order valence-electron chi connectivity index (χ4n) is 2.31. The molecule has 1 amide bonds. The van der Waals surface area contributed by atoms with E-state index in [0.29, 0.717) is 13.2 Å². The molecule has 0 fully saturated rings. The minimum Gasteiger partial charge on any atom is -0.449 e. The first-order chi connectivity index (χ1) is 11.3. The Morgan fingerprint density at radius 1 is 0.833 bits per heavy atom. The van der Waals surface area contributed by atoms with Crippen LogP contribution in [0.3, 0.4) is 0 Å². The molecule has 0 radical (unpaired) electrons. The van der Waals surface area contributed by atoms with Crippen LogP contribution in [0.15, 0.2) is 0 Å². The number of ether oxygens (including phenoxy) is 1. The van der Waals surface area contributed by atoms with Gasteiger partial charge in [0.05, 0.1) is 6.61 Å². The van der Waals surface area contributed by atoms with Gasteiger partial charge in [0, 0.05) is 25.4 Å². The van der Waals surface area contributed by atoms with Crippen LogP contribution in [0, 0.1) is 11.8 Å². The van der Waals surface area contributed by atoms with Crippen molar-refractivity contribution in [3.05, 3.63) is 0 Å². The first-order valence-corrected chi connectivity index (χ1v) is 9.14. The second-order valence-corrected chi connectivity index (χ2v) is 6.90. The van der Waals surface area contributed by atoms with E-state index in [1.807, 2.05) is 13.8 Å². The van der Waals surface area contributed by atoms with E-state index in [0.717, 1.165) is 44.9 Å². The van der Waals surface area contributed by atoms with E-state index in [9.17, 15) is 14.4 Å². The number of ketones is 2. The van der Waals surface area contributed by atoms with Gasteiger partial charge in [-0.3, -0.25) is 9.59 Å². The Balaban J connectivity index is 3.60. The van der Waals surface area contributed by atoms with Crippen molar-refractivity contribution < 1.29 is 19.1 Å². The highest BCUT2D eigenvalue weighted by Gasteiger charge is 2.12. The monoisotopic (exact) mass is 341 g/mol. The molecule has 0 saturated heterocycles. The summed E-state index contributed by atoms with van der Waals surface area (Å²) in [5, 5.41) is 0. The molecule has 140 valence electrons. The summed E-state index contributed by atoms with van der Waals surface area (Å²) >= 11 is 0. The van der Waals surface area contributed by atoms with Crippen LogP contribution >= 0.6 is 0 Å². The largest absolute Gasteiger partial charge is 0.449 e. The van der Waals surface area contributed by atoms with E-state index in [4.69, 9.17) is 4.74 Å². The fraction of sp³-hybridized carbons (Fsp3) is 0.842. The molecular weight excluding hydrogens is 306 g/mol. The van der Waals surface area contributed by atoms with Gasteiger partial charge in [0.25, 0.3) is 0 Å². The molecule has 5 heteroatoms. The van der Waals surface area contributed by atoms with Gasteiger partial charge in [-0.1, -0.05) is 33.1 Å². The Hall–Kier alpha value is -1.39. The van der Waals surface area contributed by atoms with Crippen LogP contribution in [-0.2, 0) is 14.3 Å². The van der Waals surface area contributed by atoms with Crippen LogP contribution in [0.4, 0.5) is 4.79 Å². The van der Waals surface area contributed by atoms with Crippen LogP contribution in [0.2, 0.25) is 0 Å². The third kappa shape index (κ3) is 11.2. The van der Waals surface area contributed by atoms with Gasteiger partial charge in [0.2, 0.25) is 0 Å². The minimum atomic E-state index is -0.296. The highest BCUT2D eigenvalue weighted by Crippen LogP contribution is 2.11. The molecule has 0 spiro atoms. The second-order valence-electron chi connectivity index (χ2n) is 6.90. The zero-order valence-electron chi connectivity index (χ0n) is 16.1. The quantitative estimate of drug-likeness (QED) is 0.470. The normalized spacial score (nSPS) is 13.2. The van der Waals surface area contributed by atoms with Gasteiger partial charge in [0.1, 0.15) is 11.6 Å². The van der Waals surface area contributed by atoms with Crippen LogP contribution < -0.4 is 0 Å². The van der Waals surface area contributed by atoms with Crippen LogP contribution in [0.5, 0.6) is 0 Å². The molecule has 0 saturated carbocycles. The van der Waals surface area contributed by atoms with Crippen LogP contribution in [0.25, 0.3) is 0 Å². The first-order valence-electron chi connectivity index (χ1n) is 9.14. The van der Waals surface area contributed by atoms with Crippen LogP contribution in [-0.4, -0.2) is 42.8 Å². The smallest absolute Gasteiger partial charge is 0.409 e. The molecule has 0 aliphatic carbocycles. The zero-order chi connectivity index (χ0) is 18.5. The summed E-state index contributed by atoms with van der Waals surface area (Å²) in [4.78, 5) is 35.6. The summed E-state index contributed by atoms with van der Waals surface area (Å²) < 4.78 is 5.24. The third-order valence-corrected chi connectivity index (χ3v) is 4.59. The Morgan fingerprint density at radius 2 is 1.33 bits per heavy atom. The van der Waals surface area contributed by atoms with E-state index < -0.39 is 0 Å². The fourth-order valence-corrected chi connectivity index (χ4v) is 2.31. The molecule has 0 aromatic rings. The summed E-state index contributed by atoms with van der Waals surface area (Å²) in [6.45, 7) is 8.18. The summed E-state index contributed by atoms with van der Waals surface area (Å²) in [6.07, 6.45) is 6.23. The lowest BCUT2D eigenvalue weighted by Crippen LogP contribution is -2.29. The van der Waals surface area contributed by atoms with Gasteiger partial charge in [-0.15, -0.1) is 0 Å². The van der Waals surface area contributed by atoms with E-state index in [1.165, 1.54) is 0 Å². The number of unbranched alkanes of at least 4 members (excludes halogenated alkanes) is 3. The topological polar surface area (TPSA) is 63.7 Å². The lowest BCUT2D eigenvalue weighted by Gasteiger charge is -2.17. The number of nitrogens with zero attached hydrogens (tertiary/aromatic N) is 1. The Morgan fingerprint density at radius 3 is 1.88 bits per heavy atom. The first kappa shape index (κ1) is 22.6. The highest BCUT2D eigenvalue weighted by atomic mass is 16.6. The number of amides is 1. The molecule has 2 unspecified atom stereocenters. The molecule has 0 aromatic heterocycles. The minimum absolute atomic E-state index is 0.0557. The van der Waals surface area contributed by atoms with Crippen molar-refractivity contribution in [1.82, 2.24) is 4.90 Å². The van der Waals surface area contributed by atoms with E-state index in [2.05, 4.69) is 0 Å². The number of rotatable bonds is 13. The highest BCUT2D eigenvalue weighted by molar-refractivity contribution is 5.78. The average molecular weight is 341 g/mol. The molecule has 0 rings (SSSR count). The van der Waals surface area contributed by atoms with E-state index in [-0.39, 0.29) is 29.5 Å². The van der Waals surface area contributed by atoms with Crippen molar-refractivity contribution in [2.75, 3.05) is 20.2 Å². The standard InChI is InChI=1S/C19H35NO4/c1-15(17(3)21)11-8-6-7-9-14-24-19(23)20(5)13-10-12-16(2)18(4)22/h15-16H,6-14H2,1-5H3. The SMILES string of the molecule is CC(=O)C(C)CCCCCCOC(=O)N(C)CCCC(C)C(C)=O. The molecule has 5 nitrogen and oxygen atoms in total. The summed E-state index contributed by atoms with van der Waals surface area (Å²) in [6, 6.07) is 0. The molecule has 0 aliphatic heterocycles. The number of carbonyl (C=O) groups is 3. The van der Waals surface area contributed by atoms with Gasteiger partial charge < -0.3 is 9.64 Å². The third-order valence-electron chi connectivity index (χ3n) is 4.59. The van der Waals surface area contributed by atoms with Crippen molar-refractivity contribution in [2.45, 2.75) is 72.6 Å². The maximum absolute atomic E-state index is 11.8. The van der Waals surface area contributed by atoms with Crippen molar-refractivity contribution in [3.63, 3.8) is 0 Å². The van der Waals surface area contributed by atoms with Crippen molar-refractivity contribution in [1.29, 1.82) is 0 Å². The molecule has 0 aromatic carbocycles. The number of Topliss-reactive ketones (excluding diaryl/α,β-unsaturated/α-hetero) is 2. The van der Waals surface area contributed by atoms with Crippen molar-refractivity contribution in [2.24, 2.45) is 11.8 Å². The maximum Gasteiger partial charge on any atom is 0.409 e. The van der Waals surface area contributed by atoms with Crippen molar-refractivity contribution >= 4 is 17.7 Å². The molecule has 0 aliphatic rings. The molecule has 0 heterocycles. The Bertz CT molecular complexity index is 395. The van der Waals surface area contributed by atoms with Gasteiger partial charge >= 0.3 is 6.09 Å².